The summed E-state index contributed by atoms with van der Waals surface area (Å²) in [5.41, 5.74) is 5.47. The van der Waals surface area contributed by atoms with Gasteiger partial charge in [-0.15, -0.1) is 0 Å². The zero-order chi connectivity index (χ0) is 50.4. The molecule has 0 bridgehead atoms. The average molecular weight is 965 g/mol. The van der Waals surface area contributed by atoms with Gasteiger partial charge in [0.1, 0.15) is 11.2 Å². The fraction of sp³-hybridized carbons (Fsp3) is 0.451. The molecule has 8 rings (SSSR count). The molecule has 4 aromatic heterocycles. The summed E-state index contributed by atoms with van der Waals surface area (Å²) in [7, 11) is 0. The van der Waals surface area contributed by atoms with Gasteiger partial charge in [0.2, 0.25) is 0 Å². The maximum absolute atomic E-state index is 13.7. The molecule has 2 fully saturated rings. The van der Waals surface area contributed by atoms with E-state index in [2.05, 4.69) is 36.1 Å². The van der Waals surface area contributed by atoms with E-state index in [1.54, 1.807) is 94.3 Å². The smallest absolute Gasteiger partial charge is 0.412 e. The van der Waals surface area contributed by atoms with E-state index in [-0.39, 0.29) is 41.7 Å². The van der Waals surface area contributed by atoms with Crippen LogP contribution in [0, 0.1) is 27.7 Å². The summed E-state index contributed by atoms with van der Waals surface area (Å²) in [4.78, 5) is 84.0. The number of ether oxygens (including phenoxy) is 2. The number of anilines is 2. The van der Waals surface area contributed by atoms with Crippen molar-refractivity contribution in [3.63, 3.8) is 0 Å². The van der Waals surface area contributed by atoms with Crippen LogP contribution in [0.4, 0.5) is 21.0 Å². The molecule has 0 unspecified atom stereocenters. The quantitative estimate of drug-likeness (QED) is 0.0915. The van der Waals surface area contributed by atoms with Crippen LogP contribution in [0.5, 0.6) is 0 Å². The van der Waals surface area contributed by atoms with Crippen molar-refractivity contribution < 1.29 is 33.8 Å². The van der Waals surface area contributed by atoms with E-state index in [9.17, 15) is 28.8 Å². The first-order chi connectivity index (χ1) is 32.5. The Balaban J connectivity index is 0.000000214. The number of benzene rings is 2. The molecule has 6 aromatic rings. The van der Waals surface area contributed by atoms with Crippen molar-refractivity contribution >= 4 is 46.7 Å². The number of H-pyrrole nitrogens is 2. The zero-order valence-corrected chi connectivity index (χ0v) is 41.0. The lowest BCUT2D eigenvalue weighted by molar-refractivity contribution is 0.0602. The van der Waals surface area contributed by atoms with Gasteiger partial charge in [0.05, 0.1) is 39.9 Å². The lowest BCUT2D eigenvalue weighted by Crippen LogP contribution is -2.39. The van der Waals surface area contributed by atoms with Crippen LogP contribution in [-0.4, -0.2) is 87.6 Å². The molecule has 19 nitrogen and oxygen atoms in total. The van der Waals surface area contributed by atoms with E-state index in [1.807, 2.05) is 32.9 Å². The van der Waals surface area contributed by atoms with E-state index in [4.69, 9.17) is 14.6 Å². The van der Waals surface area contributed by atoms with Gasteiger partial charge in [0.15, 0.2) is 11.3 Å². The summed E-state index contributed by atoms with van der Waals surface area (Å²) in [6, 6.07) is 17.0. The molecule has 2 aliphatic rings. The Morgan fingerprint density at radius 3 is 1.64 bits per heavy atom. The fourth-order valence-corrected chi connectivity index (χ4v) is 7.98. The molecule has 6 heterocycles. The van der Waals surface area contributed by atoms with Crippen molar-refractivity contribution in [2.45, 2.75) is 138 Å². The highest BCUT2D eigenvalue weighted by Gasteiger charge is 2.32. The minimum atomic E-state index is -1.10. The van der Waals surface area contributed by atoms with Crippen LogP contribution in [0.2, 0.25) is 0 Å². The number of aryl methyl sites for hydroxylation is 2. The number of likely N-dealkylation sites (tertiary alicyclic amines) is 1. The van der Waals surface area contributed by atoms with E-state index < -0.39 is 29.4 Å². The number of amides is 3. The second-order valence-electron chi connectivity index (χ2n) is 19.2. The lowest BCUT2D eigenvalue weighted by Gasteiger charge is -2.35. The van der Waals surface area contributed by atoms with Gasteiger partial charge in [-0.2, -0.15) is 0 Å². The third-order valence-corrected chi connectivity index (χ3v) is 11.6. The van der Waals surface area contributed by atoms with Crippen LogP contribution >= 0.6 is 0 Å². The summed E-state index contributed by atoms with van der Waals surface area (Å²) in [5, 5.41) is 23.9. The van der Waals surface area contributed by atoms with Crippen LogP contribution in [0.3, 0.4) is 0 Å². The van der Waals surface area contributed by atoms with E-state index >= 15 is 0 Å². The number of rotatable bonds is 6. The van der Waals surface area contributed by atoms with Gasteiger partial charge < -0.3 is 24.8 Å². The molecular weight excluding hydrogens is 897 g/mol. The predicted molar refractivity (Wildman–Crippen MR) is 269 cm³/mol. The maximum Gasteiger partial charge on any atom is 0.412 e. The summed E-state index contributed by atoms with van der Waals surface area (Å²) in [5.74, 6) is -1.29. The number of aromatic carboxylic acids is 1. The predicted octanol–water partition coefficient (Wildman–Crippen LogP) is 9.18. The molecule has 2 atom stereocenters. The largest absolute Gasteiger partial charge is 0.478 e. The molecule has 3 amide bonds. The first kappa shape index (κ1) is 53.7. The molecule has 19 heteroatoms. The number of para-hydroxylation sites is 2. The number of carbonyl (C=O) groups excluding carboxylic acids is 3. The third-order valence-electron chi connectivity index (χ3n) is 11.6. The Labute approximate surface area is 407 Å². The van der Waals surface area contributed by atoms with Gasteiger partial charge in [-0.05, 0) is 132 Å². The molecule has 376 valence electrons. The Kier molecular flexibility index (Phi) is 17.2. The van der Waals surface area contributed by atoms with Gasteiger partial charge in [0.25, 0.3) is 17.0 Å². The number of carboxylic acids is 1. The number of carbonyl (C=O) groups is 4. The van der Waals surface area contributed by atoms with Crippen LogP contribution in [0.15, 0.2) is 70.3 Å². The second-order valence-corrected chi connectivity index (χ2v) is 19.2. The average Bonchev–Trinajstić information content (AvgIpc) is 3.92. The number of aromatic amines is 2. The molecule has 0 radical (unpaired) electrons. The van der Waals surface area contributed by atoms with Gasteiger partial charge in [-0.25, -0.2) is 33.4 Å². The molecule has 0 aliphatic carbocycles. The number of aromatic nitrogens is 6. The van der Waals surface area contributed by atoms with Crippen molar-refractivity contribution in [1.82, 2.24) is 39.4 Å². The number of fused-ring (bicyclic) bond motifs is 2. The summed E-state index contributed by atoms with van der Waals surface area (Å²) in [6.45, 7) is 19.4. The normalized spacial score (nSPS) is 15.9. The Bertz CT molecular complexity index is 2970. The first-order valence-corrected chi connectivity index (χ1v) is 23.1. The number of hydrogen-bond donors (Lipinski definition) is 6. The number of hydrogen-bond acceptors (Lipinski definition) is 11. The van der Waals surface area contributed by atoms with E-state index in [0.717, 1.165) is 49.3 Å². The first-order valence-electron chi connectivity index (χ1n) is 23.1. The van der Waals surface area contributed by atoms with Crippen LogP contribution in [0.1, 0.15) is 154 Å². The van der Waals surface area contributed by atoms with Crippen molar-refractivity contribution in [3.05, 3.63) is 126 Å². The highest BCUT2D eigenvalue weighted by molar-refractivity contribution is 6.03. The van der Waals surface area contributed by atoms with Gasteiger partial charge in [-0.3, -0.25) is 35.2 Å². The molecule has 0 saturated carbocycles. The molecule has 70 heavy (non-hydrogen) atoms. The van der Waals surface area contributed by atoms with E-state index in [0.29, 0.717) is 52.0 Å². The molecule has 2 saturated heterocycles. The monoisotopic (exact) mass is 965 g/mol. The summed E-state index contributed by atoms with van der Waals surface area (Å²) >= 11 is 0. The third kappa shape index (κ3) is 13.3. The summed E-state index contributed by atoms with van der Waals surface area (Å²) < 4.78 is 13.4. The van der Waals surface area contributed by atoms with Crippen LogP contribution < -0.4 is 27.1 Å². The Morgan fingerprint density at radius 1 is 0.671 bits per heavy atom. The minimum absolute atomic E-state index is 0. The van der Waals surface area contributed by atoms with Crippen molar-refractivity contribution in [2.24, 2.45) is 0 Å². The summed E-state index contributed by atoms with van der Waals surface area (Å²) in [6.07, 6.45) is 4.87. The number of nitrogens with zero attached hydrogens (tertiary/aromatic N) is 5. The van der Waals surface area contributed by atoms with Crippen molar-refractivity contribution in [2.75, 3.05) is 23.7 Å². The van der Waals surface area contributed by atoms with Crippen LogP contribution in [0.25, 0.3) is 11.3 Å². The fourth-order valence-electron chi connectivity index (χ4n) is 7.98. The van der Waals surface area contributed by atoms with E-state index in [1.165, 1.54) is 29.5 Å². The molecule has 6 N–H and O–H groups in total. The second kappa shape index (κ2) is 22.4. The van der Waals surface area contributed by atoms with Crippen LogP contribution in [-0.2, 0) is 9.47 Å². The zero-order valence-electron chi connectivity index (χ0n) is 41.0. The lowest BCUT2D eigenvalue weighted by atomic mass is 9.98. The maximum atomic E-state index is 13.7. The van der Waals surface area contributed by atoms with Gasteiger partial charge in [0, 0.05) is 47.2 Å². The van der Waals surface area contributed by atoms with Gasteiger partial charge >= 0.3 is 18.2 Å². The number of nitrogens with one attached hydrogen (secondary N) is 5. The van der Waals surface area contributed by atoms with Crippen molar-refractivity contribution in [3.8, 4) is 0 Å². The van der Waals surface area contributed by atoms with Crippen molar-refractivity contribution in [1.29, 1.82) is 0 Å². The topological polar surface area (TPSA) is 247 Å². The highest BCUT2D eigenvalue weighted by atomic mass is 16.6. The Hall–Kier alpha value is -7.28. The minimum Gasteiger partial charge on any atom is -0.478 e. The molecule has 0 spiro atoms. The SMILES string of the molecule is C.CC(C)(C)OC(=O)Nc1ccccc1C(=O)O.Cc1nc2cc([C@@H]3CCCCN3)[nH]n2c(=O)c1C.Cc1nc2cc([C@@H]3CCCCN3C(=O)c3ccccc3NC(=O)OC(C)(C)C)[nH]n2c(=O)c1C. The molecule has 2 aliphatic heterocycles. The Morgan fingerprint density at radius 2 is 1.14 bits per heavy atom. The standard InChI is InChI=1S/C25H31N5O4.C13H18N4O.C12H15NO4.CH4/c1-15-16(2)26-21-14-19(28-30(21)22(15)31)20-12-8-9-13-29(20)23(32)17-10-6-7-11-18(17)27-24(33)34-25(3,4)5;1-8-9(2)15-12-7-11(16-17(12)13(8)18)10-5-3-4-6-14-10;1-12(2,3)17-11(16)13-9-7-5-4-6-8(9)10(14)15;/h6-7,10-11,14,20,28H,8-9,12-13H2,1-5H3,(H,27,33);7,10,14,16H,3-6H2,1-2H3;4-7H,1-3H3,(H,13,16)(H,14,15);1H4/t20-;10-;;/m00../s1. The number of carboxylic acid groups (broad SMARTS) is 1. The number of piperidine rings is 2. The molecular formula is C51H68N10O9. The molecule has 2 aromatic carbocycles. The van der Waals surface area contributed by atoms with Gasteiger partial charge in [-0.1, -0.05) is 38.1 Å². The highest BCUT2D eigenvalue weighted by Crippen LogP contribution is 2.33.